The molecule has 4 rings (SSSR count). The van der Waals surface area contributed by atoms with Gasteiger partial charge in [-0.05, 0) is 70.4 Å². The van der Waals surface area contributed by atoms with Crippen LogP contribution in [0, 0.1) is 5.82 Å². The number of nitrogens with one attached hydrogen (secondary N) is 1. The Balaban J connectivity index is 1.58. The SMILES string of the molecule is O=C(O)c1ccc(C(O)c2cc3cc(C(=O)NCc4ccc(F)cc4)ccc3cc2O)cc1. The zero-order valence-corrected chi connectivity index (χ0v) is 17.3. The van der Waals surface area contributed by atoms with Gasteiger partial charge in [0.15, 0.2) is 0 Å². The number of hydrogen-bond donors (Lipinski definition) is 4. The van der Waals surface area contributed by atoms with Crippen molar-refractivity contribution < 1.29 is 29.3 Å². The van der Waals surface area contributed by atoms with Gasteiger partial charge in [-0.25, -0.2) is 9.18 Å². The van der Waals surface area contributed by atoms with Gasteiger partial charge in [0.2, 0.25) is 0 Å². The summed E-state index contributed by atoms with van der Waals surface area (Å²) in [4.78, 5) is 23.6. The molecule has 1 unspecified atom stereocenters. The first-order valence-corrected chi connectivity index (χ1v) is 10.1. The Morgan fingerprint density at radius 2 is 1.52 bits per heavy atom. The van der Waals surface area contributed by atoms with Crippen LogP contribution in [0.4, 0.5) is 4.39 Å². The molecule has 4 aromatic carbocycles. The summed E-state index contributed by atoms with van der Waals surface area (Å²) in [5.74, 6) is -1.86. The molecule has 4 aromatic rings. The van der Waals surface area contributed by atoms with Crippen LogP contribution < -0.4 is 5.32 Å². The predicted molar refractivity (Wildman–Crippen MR) is 121 cm³/mol. The molecule has 0 spiro atoms. The zero-order chi connectivity index (χ0) is 23.5. The number of halogens is 1. The number of aliphatic hydroxyl groups excluding tert-OH is 1. The first kappa shape index (κ1) is 22.0. The average molecular weight is 445 g/mol. The third kappa shape index (κ3) is 4.83. The minimum absolute atomic E-state index is 0.0879. The first-order chi connectivity index (χ1) is 15.8. The van der Waals surface area contributed by atoms with Crippen molar-refractivity contribution >= 4 is 22.6 Å². The molecule has 4 N–H and O–H groups in total. The Morgan fingerprint density at radius 1 is 0.848 bits per heavy atom. The van der Waals surface area contributed by atoms with Gasteiger partial charge in [0, 0.05) is 17.7 Å². The summed E-state index contributed by atoms with van der Waals surface area (Å²) in [6.07, 6.45) is -1.19. The van der Waals surface area contributed by atoms with Crippen molar-refractivity contribution in [2.45, 2.75) is 12.6 Å². The Labute approximate surface area is 188 Å². The van der Waals surface area contributed by atoms with Crippen LogP contribution >= 0.6 is 0 Å². The summed E-state index contributed by atoms with van der Waals surface area (Å²) in [6.45, 7) is 0.239. The van der Waals surface area contributed by atoms with E-state index in [1.54, 1.807) is 36.4 Å². The molecule has 1 amide bonds. The van der Waals surface area contributed by atoms with Crippen molar-refractivity contribution in [1.29, 1.82) is 0 Å². The molecule has 0 saturated heterocycles. The summed E-state index contributed by atoms with van der Waals surface area (Å²) in [5.41, 5.74) is 1.89. The molecular weight excluding hydrogens is 425 g/mol. The van der Waals surface area contributed by atoms with Crippen LogP contribution in [-0.4, -0.2) is 27.2 Å². The van der Waals surface area contributed by atoms with E-state index in [0.29, 0.717) is 21.9 Å². The summed E-state index contributed by atoms with van der Waals surface area (Å²) in [7, 11) is 0. The topological polar surface area (TPSA) is 107 Å². The van der Waals surface area contributed by atoms with E-state index in [1.165, 1.54) is 42.5 Å². The number of aliphatic hydroxyl groups is 1. The number of carboxylic acids is 1. The highest BCUT2D eigenvalue weighted by Crippen LogP contribution is 2.33. The molecule has 0 fully saturated rings. The molecule has 0 heterocycles. The molecule has 7 heteroatoms. The number of phenols is 1. The molecule has 33 heavy (non-hydrogen) atoms. The molecule has 0 radical (unpaired) electrons. The molecule has 0 saturated carbocycles. The molecular formula is C26H20FNO5. The van der Waals surface area contributed by atoms with E-state index >= 15 is 0 Å². The number of aromatic carboxylic acids is 1. The smallest absolute Gasteiger partial charge is 0.335 e. The monoisotopic (exact) mass is 445 g/mol. The van der Waals surface area contributed by atoms with Gasteiger partial charge in [-0.1, -0.05) is 30.3 Å². The van der Waals surface area contributed by atoms with Gasteiger partial charge >= 0.3 is 5.97 Å². The maximum absolute atomic E-state index is 13.0. The van der Waals surface area contributed by atoms with Gasteiger partial charge in [-0.15, -0.1) is 0 Å². The van der Waals surface area contributed by atoms with Crippen molar-refractivity contribution in [3.05, 3.63) is 112 Å². The Bertz CT molecular complexity index is 1330. The fraction of sp³-hybridized carbons (Fsp3) is 0.0769. The van der Waals surface area contributed by atoms with E-state index in [0.717, 1.165) is 5.56 Å². The van der Waals surface area contributed by atoms with Gasteiger partial charge in [0.05, 0.1) is 5.56 Å². The quantitative estimate of drug-likeness (QED) is 0.352. The fourth-order valence-corrected chi connectivity index (χ4v) is 3.54. The maximum atomic E-state index is 13.0. The van der Waals surface area contributed by atoms with Crippen LogP contribution in [0.25, 0.3) is 10.8 Å². The second-order valence-electron chi connectivity index (χ2n) is 7.61. The van der Waals surface area contributed by atoms with Gasteiger partial charge < -0.3 is 20.6 Å². The van der Waals surface area contributed by atoms with E-state index in [9.17, 15) is 24.2 Å². The number of aromatic hydroxyl groups is 1. The summed E-state index contributed by atoms with van der Waals surface area (Å²) in [6, 6.07) is 19.6. The van der Waals surface area contributed by atoms with Crippen molar-refractivity contribution in [1.82, 2.24) is 5.32 Å². The van der Waals surface area contributed by atoms with Gasteiger partial charge in [0.1, 0.15) is 17.7 Å². The normalized spacial score (nSPS) is 11.8. The molecule has 0 bridgehead atoms. The average Bonchev–Trinajstić information content (AvgIpc) is 2.82. The van der Waals surface area contributed by atoms with E-state index in [2.05, 4.69) is 5.32 Å². The molecule has 0 aliphatic heterocycles. The van der Waals surface area contributed by atoms with E-state index < -0.39 is 12.1 Å². The molecule has 0 aliphatic rings. The lowest BCUT2D eigenvalue weighted by Gasteiger charge is -2.15. The van der Waals surface area contributed by atoms with Crippen molar-refractivity contribution in [3.8, 4) is 5.75 Å². The van der Waals surface area contributed by atoms with E-state index in [-0.39, 0.29) is 35.1 Å². The number of amides is 1. The number of phenolic OH excluding ortho intramolecular Hbond substituents is 1. The fourth-order valence-electron chi connectivity index (χ4n) is 3.54. The summed E-state index contributed by atoms with van der Waals surface area (Å²) >= 11 is 0. The lowest BCUT2D eigenvalue weighted by molar-refractivity contribution is 0.0696. The number of carboxylic acid groups (broad SMARTS) is 1. The highest BCUT2D eigenvalue weighted by atomic mass is 19.1. The third-order valence-corrected chi connectivity index (χ3v) is 5.38. The number of carbonyl (C=O) groups excluding carboxylic acids is 1. The minimum Gasteiger partial charge on any atom is -0.508 e. The highest BCUT2D eigenvalue weighted by molar-refractivity contribution is 5.99. The standard InChI is InChI=1S/C26H20FNO5/c27-21-9-1-15(2-10-21)14-28-25(31)19-8-7-18-13-23(29)22(12-20(18)11-19)24(30)16-3-5-17(6-4-16)26(32)33/h1-13,24,29-30H,14H2,(H,28,31)(H,32,33). The van der Waals surface area contributed by atoms with Gasteiger partial charge in [-0.2, -0.15) is 0 Å². The van der Waals surface area contributed by atoms with Crippen LogP contribution in [-0.2, 0) is 6.54 Å². The summed E-state index contributed by atoms with van der Waals surface area (Å²) in [5, 5.41) is 34.3. The van der Waals surface area contributed by atoms with E-state index in [4.69, 9.17) is 5.11 Å². The minimum atomic E-state index is -1.19. The van der Waals surface area contributed by atoms with Crippen LogP contribution in [0.5, 0.6) is 5.75 Å². The lowest BCUT2D eigenvalue weighted by Crippen LogP contribution is -2.22. The molecule has 1 atom stereocenters. The Hall–Kier alpha value is -4.23. The van der Waals surface area contributed by atoms with E-state index in [1.807, 2.05) is 0 Å². The Kier molecular flexibility index (Phi) is 6.06. The number of hydrogen-bond acceptors (Lipinski definition) is 4. The molecule has 166 valence electrons. The number of rotatable bonds is 6. The molecule has 0 aromatic heterocycles. The van der Waals surface area contributed by atoms with Crippen molar-refractivity contribution in [3.63, 3.8) is 0 Å². The number of fused-ring (bicyclic) bond motifs is 1. The predicted octanol–water partition coefficient (Wildman–Crippen LogP) is 4.39. The molecule has 0 aliphatic carbocycles. The largest absolute Gasteiger partial charge is 0.508 e. The number of benzene rings is 4. The van der Waals surface area contributed by atoms with Crippen molar-refractivity contribution in [2.24, 2.45) is 0 Å². The van der Waals surface area contributed by atoms with Crippen LogP contribution in [0.2, 0.25) is 0 Å². The lowest BCUT2D eigenvalue weighted by atomic mass is 9.96. The number of carbonyl (C=O) groups is 2. The summed E-state index contributed by atoms with van der Waals surface area (Å²) < 4.78 is 13.0. The van der Waals surface area contributed by atoms with Crippen LogP contribution in [0.15, 0.2) is 78.9 Å². The first-order valence-electron chi connectivity index (χ1n) is 10.1. The van der Waals surface area contributed by atoms with Gasteiger partial charge in [0.25, 0.3) is 5.91 Å². The Morgan fingerprint density at radius 3 is 2.18 bits per heavy atom. The van der Waals surface area contributed by atoms with Crippen LogP contribution in [0.1, 0.15) is 43.5 Å². The van der Waals surface area contributed by atoms with Gasteiger partial charge in [-0.3, -0.25) is 4.79 Å². The third-order valence-electron chi connectivity index (χ3n) is 5.38. The highest BCUT2D eigenvalue weighted by Gasteiger charge is 2.17. The second kappa shape index (κ2) is 9.10. The van der Waals surface area contributed by atoms with Crippen LogP contribution in [0.3, 0.4) is 0 Å². The zero-order valence-electron chi connectivity index (χ0n) is 17.3. The molecule has 6 nitrogen and oxygen atoms in total. The second-order valence-corrected chi connectivity index (χ2v) is 7.61. The van der Waals surface area contributed by atoms with Crippen molar-refractivity contribution in [2.75, 3.05) is 0 Å². The maximum Gasteiger partial charge on any atom is 0.335 e.